The zero-order chi connectivity index (χ0) is 21.5. The van der Waals surface area contributed by atoms with E-state index in [9.17, 15) is 9.59 Å². The molecule has 2 aromatic heterocycles. The predicted octanol–water partition coefficient (Wildman–Crippen LogP) is 5.06. The molecule has 1 aliphatic rings. The summed E-state index contributed by atoms with van der Waals surface area (Å²) in [6.45, 7) is 4.64. The van der Waals surface area contributed by atoms with Crippen LogP contribution in [-0.4, -0.2) is 15.8 Å². The molecule has 0 saturated carbocycles. The average molecular weight is 410 g/mol. The van der Waals surface area contributed by atoms with Crippen LogP contribution in [0.5, 0.6) is 0 Å². The molecule has 2 aromatic carbocycles. The van der Waals surface area contributed by atoms with E-state index in [1.807, 2.05) is 30.3 Å². The Kier molecular flexibility index (Phi) is 4.66. The van der Waals surface area contributed by atoms with E-state index in [0.29, 0.717) is 29.0 Å². The summed E-state index contributed by atoms with van der Waals surface area (Å²) in [6, 6.07) is 18.5. The number of nitrogens with zero attached hydrogens (tertiary/aromatic N) is 2. The highest BCUT2D eigenvalue weighted by Crippen LogP contribution is 2.39. The normalized spacial score (nSPS) is 15.6. The van der Waals surface area contributed by atoms with Gasteiger partial charge in [0, 0.05) is 18.9 Å². The van der Waals surface area contributed by atoms with Gasteiger partial charge in [-0.25, -0.2) is 0 Å². The maximum atomic E-state index is 13.5. The molecule has 0 unspecified atom stereocenters. The highest BCUT2D eigenvalue weighted by molar-refractivity contribution is 5.99. The second-order valence-electron chi connectivity index (χ2n) is 8.18. The first kappa shape index (κ1) is 19.2. The smallest absolute Gasteiger partial charge is 0.291 e. The van der Waals surface area contributed by atoms with Crippen LogP contribution in [0, 0.1) is 0 Å². The zero-order valence-corrected chi connectivity index (χ0v) is 17.4. The number of para-hydroxylation sites is 1. The summed E-state index contributed by atoms with van der Waals surface area (Å²) >= 11 is 0. The van der Waals surface area contributed by atoms with Gasteiger partial charge in [-0.2, -0.15) is 0 Å². The van der Waals surface area contributed by atoms with Crippen molar-refractivity contribution in [1.82, 2.24) is 9.88 Å². The van der Waals surface area contributed by atoms with Crippen molar-refractivity contribution in [2.24, 2.45) is 0 Å². The summed E-state index contributed by atoms with van der Waals surface area (Å²) in [6.07, 6.45) is 3.40. The highest BCUT2D eigenvalue weighted by atomic mass is 16.3. The van der Waals surface area contributed by atoms with Crippen LogP contribution in [0.4, 0.5) is 0 Å². The standard InChI is InChI=1S/C26H22N2O3/c1-16(2)18-7-9-19(10-8-18)23-22-24(29)20-5-3-4-6-21(20)31-25(22)26(30)28(23)15-17-11-13-27-14-12-17/h3-14,16,23H,15H2,1-2H3/t23-/m1/s1. The maximum Gasteiger partial charge on any atom is 0.291 e. The molecule has 0 bridgehead atoms. The number of fused-ring (bicyclic) bond motifs is 2. The van der Waals surface area contributed by atoms with Gasteiger partial charge in [0.15, 0.2) is 5.43 Å². The average Bonchev–Trinajstić information content (AvgIpc) is 3.06. The molecule has 0 N–H and O–H groups in total. The monoisotopic (exact) mass is 410 g/mol. The summed E-state index contributed by atoms with van der Waals surface area (Å²) in [4.78, 5) is 32.7. The zero-order valence-electron chi connectivity index (χ0n) is 17.4. The van der Waals surface area contributed by atoms with E-state index in [4.69, 9.17) is 4.42 Å². The number of carbonyl (C=O) groups excluding carboxylic acids is 1. The van der Waals surface area contributed by atoms with Gasteiger partial charge in [0.1, 0.15) is 5.58 Å². The topological polar surface area (TPSA) is 63.4 Å². The third-order valence-corrected chi connectivity index (χ3v) is 5.89. The SMILES string of the molecule is CC(C)c1ccc([C@@H]2c3c(oc4ccccc4c3=O)C(=O)N2Cc2ccncc2)cc1. The number of hydrogen-bond acceptors (Lipinski definition) is 4. The Bertz CT molecular complexity index is 1320. The lowest BCUT2D eigenvalue weighted by Gasteiger charge is -2.25. The number of amides is 1. The lowest BCUT2D eigenvalue weighted by molar-refractivity contribution is 0.0714. The maximum absolute atomic E-state index is 13.5. The summed E-state index contributed by atoms with van der Waals surface area (Å²) in [5, 5.41) is 0.489. The number of hydrogen-bond donors (Lipinski definition) is 0. The molecule has 4 aromatic rings. The fourth-order valence-electron chi connectivity index (χ4n) is 4.22. The Morgan fingerprint density at radius 2 is 1.68 bits per heavy atom. The van der Waals surface area contributed by atoms with E-state index in [0.717, 1.165) is 11.1 Å². The molecule has 0 saturated heterocycles. The molecule has 31 heavy (non-hydrogen) atoms. The molecule has 0 radical (unpaired) electrons. The van der Waals surface area contributed by atoms with E-state index < -0.39 is 6.04 Å². The molecule has 5 nitrogen and oxygen atoms in total. The van der Waals surface area contributed by atoms with E-state index in [2.05, 4.69) is 31.0 Å². The van der Waals surface area contributed by atoms with Crippen molar-refractivity contribution in [2.75, 3.05) is 0 Å². The van der Waals surface area contributed by atoms with Crippen LogP contribution in [0.3, 0.4) is 0 Å². The summed E-state index contributed by atoms with van der Waals surface area (Å²) in [7, 11) is 0. The third kappa shape index (κ3) is 3.22. The minimum absolute atomic E-state index is 0.135. The third-order valence-electron chi connectivity index (χ3n) is 5.89. The largest absolute Gasteiger partial charge is 0.450 e. The summed E-state index contributed by atoms with van der Waals surface area (Å²) in [5.74, 6) is 0.261. The van der Waals surface area contributed by atoms with Crippen molar-refractivity contribution in [3.63, 3.8) is 0 Å². The fourth-order valence-corrected chi connectivity index (χ4v) is 4.22. The molecule has 0 spiro atoms. The fraction of sp³-hybridized carbons (Fsp3) is 0.192. The number of aromatic nitrogens is 1. The Balaban J connectivity index is 1.70. The van der Waals surface area contributed by atoms with Crippen molar-refractivity contribution in [3.05, 3.63) is 111 Å². The van der Waals surface area contributed by atoms with Crippen molar-refractivity contribution in [2.45, 2.75) is 32.4 Å². The lowest BCUT2D eigenvalue weighted by atomic mass is 9.95. The van der Waals surface area contributed by atoms with Crippen LogP contribution in [0.2, 0.25) is 0 Å². The first-order valence-corrected chi connectivity index (χ1v) is 10.4. The van der Waals surface area contributed by atoms with Gasteiger partial charge < -0.3 is 9.32 Å². The minimum Gasteiger partial charge on any atom is -0.450 e. The van der Waals surface area contributed by atoms with Crippen LogP contribution < -0.4 is 5.43 Å². The van der Waals surface area contributed by atoms with Gasteiger partial charge in [0.05, 0.1) is 17.0 Å². The molecule has 1 amide bonds. The van der Waals surface area contributed by atoms with Crippen molar-refractivity contribution >= 4 is 16.9 Å². The Morgan fingerprint density at radius 1 is 0.968 bits per heavy atom. The molecule has 5 heteroatoms. The van der Waals surface area contributed by atoms with Gasteiger partial charge in [0.25, 0.3) is 5.91 Å². The Labute approximate surface area is 180 Å². The van der Waals surface area contributed by atoms with Gasteiger partial charge in [-0.15, -0.1) is 0 Å². The highest BCUT2D eigenvalue weighted by Gasteiger charge is 2.42. The first-order chi connectivity index (χ1) is 15.0. The van der Waals surface area contributed by atoms with Crippen molar-refractivity contribution in [3.8, 4) is 0 Å². The first-order valence-electron chi connectivity index (χ1n) is 10.4. The molecular weight excluding hydrogens is 388 g/mol. The molecule has 154 valence electrons. The molecule has 3 heterocycles. The molecule has 1 aliphatic heterocycles. The number of carbonyl (C=O) groups is 1. The van der Waals surface area contributed by atoms with E-state index in [-0.39, 0.29) is 17.1 Å². The second-order valence-corrected chi connectivity index (χ2v) is 8.18. The van der Waals surface area contributed by atoms with Crippen LogP contribution in [-0.2, 0) is 6.54 Å². The van der Waals surface area contributed by atoms with Gasteiger partial charge in [0.2, 0.25) is 5.76 Å². The van der Waals surface area contributed by atoms with E-state index in [1.54, 1.807) is 35.5 Å². The Hall–Kier alpha value is -3.73. The van der Waals surface area contributed by atoms with E-state index >= 15 is 0 Å². The van der Waals surface area contributed by atoms with Crippen LogP contribution >= 0.6 is 0 Å². The van der Waals surface area contributed by atoms with Gasteiger partial charge in [-0.05, 0) is 46.9 Å². The molecule has 0 aliphatic carbocycles. The van der Waals surface area contributed by atoms with Crippen LogP contribution in [0.1, 0.15) is 58.6 Å². The number of rotatable bonds is 4. The Morgan fingerprint density at radius 3 is 2.39 bits per heavy atom. The predicted molar refractivity (Wildman–Crippen MR) is 119 cm³/mol. The number of benzene rings is 2. The van der Waals surface area contributed by atoms with Crippen molar-refractivity contribution in [1.29, 1.82) is 0 Å². The van der Waals surface area contributed by atoms with Crippen LogP contribution in [0.25, 0.3) is 11.0 Å². The van der Waals surface area contributed by atoms with E-state index in [1.165, 1.54) is 5.56 Å². The summed E-state index contributed by atoms with van der Waals surface area (Å²) < 4.78 is 5.98. The molecule has 0 fully saturated rings. The van der Waals surface area contributed by atoms with Gasteiger partial charge in [-0.3, -0.25) is 14.6 Å². The lowest BCUT2D eigenvalue weighted by Crippen LogP contribution is -2.29. The summed E-state index contributed by atoms with van der Waals surface area (Å²) in [5.41, 5.74) is 3.74. The van der Waals surface area contributed by atoms with Gasteiger partial charge in [-0.1, -0.05) is 50.2 Å². The molecule has 1 atom stereocenters. The quantitative estimate of drug-likeness (QED) is 0.472. The molecular formula is C26H22N2O3. The minimum atomic E-state index is -0.502. The second kappa shape index (κ2) is 7.51. The number of pyridine rings is 1. The van der Waals surface area contributed by atoms with Crippen LogP contribution in [0.15, 0.2) is 82.3 Å². The van der Waals surface area contributed by atoms with Gasteiger partial charge >= 0.3 is 0 Å². The van der Waals surface area contributed by atoms with Crippen molar-refractivity contribution < 1.29 is 9.21 Å². The molecule has 5 rings (SSSR count).